The number of ether oxygens (including phenoxy) is 14. The van der Waals surface area contributed by atoms with Gasteiger partial charge in [0.05, 0.1) is 57.5 Å². The minimum Gasteiger partial charge on any atom is -0.394 e. The molecule has 0 radical (unpaired) electrons. The third-order valence-electron chi connectivity index (χ3n) is 18.6. The van der Waals surface area contributed by atoms with Crippen LogP contribution in [0.5, 0.6) is 0 Å². The molecular formula is C62H104O35. The number of hydrogen-bond acceptors (Lipinski definition) is 35. The van der Waals surface area contributed by atoms with Crippen LogP contribution in [0.3, 0.4) is 0 Å². The molecule has 0 aliphatic carbocycles. The van der Waals surface area contributed by atoms with Gasteiger partial charge in [0.1, 0.15) is 159 Å². The van der Waals surface area contributed by atoms with Gasteiger partial charge in [-0.15, -0.1) is 6.58 Å². The Morgan fingerprint density at radius 2 is 0.722 bits per heavy atom. The van der Waals surface area contributed by atoms with Crippen LogP contribution in [0.1, 0.15) is 80.1 Å². The lowest BCUT2D eigenvalue weighted by atomic mass is 9.95. The van der Waals surface area contributed by atoms with Crippen molar-refractivity contribution in [2.45, 2.75) is 301 Å². The van der Waals surface area contributed by atoms with Gasteiger partial charge >= 0.3 is 0 Å². The molecule has 0 amide bonds. The van der Waals surface area contributed by atoms with Crippen molar-refractivity contribution in [3.63, 3.8) is 0 Å². The normalized spacial score (nSPS) is 46.6. The SMILES string of the molecule is C=CC(C)(CCC=C(C)CCC=C(C)CCC=C(C)COC1OC(COC2OC(C)C(O)C(O)C2O)C(OC2OC(C)C(OC3OC(CO)C(O)C(O)C3O)C(O)C2O)C(O)C1O)OC1OC(CO)C(OC2OC(CO)C(O)C(O)C2O)C(O)C1OC1OC(CO)C(O)C(O)C1O. The van der Waals surface area contributed by atoms with Crippen LogP contribution in [0.4, 0.5) is 0 Å². The number of allylic oxidation sites excluding steroid dienone is 5. The number of aliphatic hydroxyl groups excluding tert-OH is 21. The maximum absolute atomic E-state index is 12.0. The molecule has 21 N–H and O–H groups in total. The predicted molar refractivity (Wildman–Crippen MR) is 322 cm³/mol. The second kappa shape index (κ2) is 36.8. The molecule has 7 aliphatic rings. The summed E-state index contributed by atoms with van der Waals surface area (Å²) >= 11 is 0. The Morgan fingerprint density at radius 1 is 0.361 bits per heavy atom. The average molecular weight is 1410 g/mol. The lowest BCUT2D eigenvalue weighted by Crippen LogP contribution is -2.67. The van der Waals surface area contributed by atoms with Crippen LogP contribution in [-0.4, -0.2) is 367 Å². The molecule has 97 heavy (non-hydrogen) atoms. The van der Waals surface area contributed by atoms with Gasteiger partial charge in [-0.05, 0) is 80.1 Å². The highest BCUT2D eigenvalue weighted by Crippen LogP contribution is 2.38. The van der Waals surface area contributed by atoms with Crippen molar-refractivity contribution in [1.29, 1.82) is 0 Å². The van der Waals surface area contributed by atoms with Crippen LogP contribution >= 0.6 is 0 Å². The molecule has 0 aromatic carbocycles. The quantitative estimate of drug-likeness (QED) is 0.0297. The average Bonchev–Trinajstić information content (AvgIpc) is 0.779. The molecule has 0 saturated carbocycles. The molecule has 7 heterocycles. The summed E-state index contributed by atoms with van der Waals surface area (Å²) in [5.41, 5.74) is 1.54. The van der Waals surface area contributed by atoms with Gasteiger partial charge in [-0.25, -0.2) is 0 Å². The molecule has 562 valence electrons. The molecule has 7 saturated heterocycles. The van der Waals surface area contributed by atoms with Gasteiger partial charge in [-0.2, -0.15) is 0 Å². The smallest absolute Gasteiger partial charge is 0.188 e. The van der Waals surface area contributed by atoms with E-state index in [0.29, 0.717) is 37.7 Å². The molecule has 35 nitrogen and oxygen atoms in total. The summed E-state index contributed by atoms with van der Waals surface area (Å²) in [5, 5.41) is 223. The van der Waals surface area contributed by atoms with Gasteiger partial charge in [0.15, 0.2) is 44.0 Å². The molecule has 35 heteroatoms. The molecule has 7 rings (SSSR count). The minimum absolute atomic E-state index is 0.106. The van der Waals surface area contributed by atoms with Crippen LogP contribution in [0.15, 0.2) is 47.6 Å². The van der Waals surface area contributed by atoms with Gasteiger partial charge in [0, 0.05) is 0 Å². The van der Waals surface area contributed by atoms with E-state index in [1.807, 2.05) is 26.0 Å². The largest absolute Gasteiger partial charge is 0.394 e. The Kier molecular flexibility index (Phi) is 31.1. The van der Waals surface area contributed by atoms with Gasteiger partial charge in [-0.1, -0.05) is 41.0 Å². The van der Waals surface area contributed by atoms with E-state index >= 15 is 0 Å². The van der Waals surface area contributed by atoms with Gasteiger partial charge < -0.3 is 174 Å². The van der Waals surface area contributed by atoms with E-state index in [-0.39, 0.29) is 13.0 Å². The fourth-order valence-electron chi connectivity index (χ4n) is 12.2. The third-order valence-corrected chi connectivity index (χ3v) is 18.6. The van der Waals surface area contributed by atoms with E-state index in [2.05, 4.69) is 12.7 Å². The van der Waals surface area contributed by atoms with Crippen molar-refractivity contribution >= 4 is 0 Å². The summed E-state index contributed by atoms with van der Waals surface area (Å²) in [7, 11) is 0. The minimum atomic E-state index is -1.97. The first-order chi connectivity index (χ1) is 45.8. The number of rotatable bonds is 30. The molecule has 7 fully saturated rings. The second-order valence-electron chi connectivity index (χ2n) is 26.2. The van der Waals surface area contributed by atoms with Crippen LogP contribution in [0, 0.1) is 0 Å². The fourth-order valence-corrected chi connectivity index (χ4v) is 12.2. The van der Waals surface area contributed by atoms with E-state index in [1.165, 1.54) is 19.9 Å². The van der Waals surface area contributed by atoms with E-state index in [4.69, 9.17) is 66.3 Å². The standard InChI is InChI=1S/C62H104O35/c1-8-62(7,97-61-54(96-60-47(80)41(74)37(70)31(20-65)90-60)50(83)52(32(21-66)91-61)94-59-46(79)40(73)36(69)30(19-64)89-59)17-11-16-25(3)13-9-12-24(2)14-10-15-26(4)22-84-56-48(81)43(76)53(33(92-56)23-85-55-44(77)38(71)34(67)27(5)86-55)95-57-49(82)42(75)51(28(6)87-57)93-58-45(78)39(72)35(68)29(18-63)88-58/h8,12,15-16,27-61,63-83H,1,9-11,13-14,17-23H2,2-7H3. The summed E-state index contributed by atoms with van der Waals surface area (Å²) in [5.74, 6) is 0. The highest BCUT2D eigenvalue weighted by atomic mass is 16.8. The van der Waals surface area contributed by atoms with Gasteiger partial charge in [0.2, 0.25) is 0 Å². The van der Waals surface area contributed by atoms with Gasteiger partial charge in [0.25, 0.3) is 0 Å². The van der Waals surface area contributed by atoms with Crippen molar-refractivity contribution in [1.82, 2.24) is 0 Å². The Bertz CT molecular complexity index is 2480. The summed E-state index contributed by atoms with van der Waals surface area (Å²) in [6, 6.07) is 0. The number of hydrogen-bond donors (Lipinski definition) is 21. The highest BCUT2D eigenvalue weighted by molar-refractivity contribution is 5.08. The van der Waals surface area contributed by atoms with E-state index in [1.54, 1.807) is 13.8 Å². The molecule has 36 atom stereocenters. The Balaban J connectivity index is 0.921. The highest BCUT2D eigenvalue weighted by Gasteiger charge is 2.57. The van der Waals surface area contributed by atoms with Crippen LogP contribution < -0.4 is 0 Å². The van der Waals surface area contributed by atoms with Crippen LogP contribution in [0.25, 0.3) is 0 Å². The van der Waals surface area contributed by atoms with Crippen molar-refractivity contribution in [3.8, 4) is 0 Å². The fraction of sp³-hybridized carbons (Fsp3) is 0.871. The lowest BCUT2D eigenvalue weighted by Gasteiger charge is -2.49. The predicted octanol–water partition coefficient (Wildman–Crippen LogP) is -8.08. The Labute approximate surface area is 559 Å². The zero-order valence-electron chi connectivity index (χ0n) is 54.8. The summed E-state index contributed by atoms with van der Waals surface area (Å²) < 4.78 is 81.9. The number of aliphatic hydroxyl groups is 21. The molecule has 7 aliphatic heterocycles. The second-order valence-corrected chi connectivity index (χ2v) is 26.2. The Hall–Kier alpha value is -2.44. The van der Waals surface area contributed by atoms with Crippen LogP contribution in [0.2, 0.25) is 0 Å². The van der Waals surface area contributed by atoms with Gasteiger partial charge in [-0.3, -0.25) is 0 Å². The van der Waals surface area contributed by atoms with Crippen LogP contribution in [-0.2, 0) is 66.3 Å². The summed E-state index contributed by atoms with van der Waals surface area (Å²) in [4.78, 5) is 0. The lowest BCUT2D eigenvalue weighted by molar-refractivity contribution is -0.393. The Morgan fingerprint density at radius 3 is 1.22 bits per heavy atom. The zero-order valence-corrected chi connectivity index (χ0v) is 54.8. The first-order valence-electron chi connectivity index (χ1n) is 32.6. The van der Waals surface area contributed by atoms with E-state index in [0.717, 1.165) is 11.1 Å². The van der Waals surface area contributed by atoms with Crippen molar-refractivity contribution in [2.24, 2.45) is 0 Å². The molecular weight excluding hydrogens is 1300 g/mol. The molecule has 0 aromatic rings. The zero-order chi connectivity index (χ0) is 71.7. The first kappa shape index (κ1) is 81.9. The molecule has 36 unspecified atom stereocenters. The molecule has 0 aromatic heterocycles. The monoisotopic (exact) mass is 1410 g/mol. The van der Waals surface area contributed by atoms with E-state index in [9.17, 15) is 107 Å². The summed E-state index contributed by atoms with van der Waals surface area (Å²) in [6.45, 7) is 10.2. The molecule has 0 spiro atoms. The topological polar surface area (TPSA) is 554 Å². The van der Waals surface area contributed by atoms with Crippen molar-refractivity contribution < 1.29 is 174 Å². The first-order valence-corrected chi connectivity index (χ1v) is 32.6. The molecule has 0 bridgehead atoms. The van der Waals surface area contributed by atoms with Crippen molar-refractivity contribution in [2.75, 3.05) is 39.6 Å². The van der Waals surface area contributed by atoms with E-state index < -0.39 is 254 Å². The maximum atomic E-state index is 12.0. The summed E-state index contributed by atoms with van der Waals surface area (Å²) in [6.07, 6.45) is -47.9. The maximum Gasteiger partial charge on any atom is 0.188 e. The third kappa shape index (κ3) is 19.9. The van der Waals surface area contributed by atoms with Crippen molar-refractivity contribution in [3.05, 3.63) is 47.6 Å².